The fourth-order valence-corrected chi connectivity index (χ4v) is 3.15. The molecule has 0 saturated heterocycles. The lowest BCUT2D eigenvalue weighted by Crippen LogP contribution is -2.45. The molecule has 4 heteroatoms. The van der Waals surface area contributed by atoms with Gasteiger partial charge in [-0.2, -0.15) is 0 Å². The fraction of sp³-hybridized carbons (Fsp3) is 0.500. The smallest absolute Gasteiger partial charge is 0.331 e. The highest BCUT2D eigenvalue weighted by Gasteiger charge is 2.28. The molecule has 1 fully saturated rings. The van der Waals surface area contributed by atoms with E-state index in [1.165, 1.54) is 12.5 Å². The zero-order valence-corrected chi connectivity index (χ0v) is 14.7. The van der Waals surface area contributed by atoms with Crippen LogP contribution in [-0.4, -0.2) is 24.5 Å². The van der Waals surface area contributed by atoms with Gasteiger partial charge >= 0.3 is 5.97 Å². The monoisotopic (exact) mass is 329 g/mol. The number of amides is 1. The summed E-state index contributed by atoms with van der Waals surface area (Å²) in [6.45, 7) is 6.14. The van der Waals surface area contributed by atoms with Crippen LogP contribution < -0.4 is 5.32 Å². The van der Waals surface area contributed by atoms with Gasteiger partial charge in [-0.25, -0.2) is 4.79 Å². The van der Waals surface area contributed by atoms with E-state index >= 15 is 0 Å². The number of hydrogen-bond acceptors (Lipinski definition) is 3. The van der Waals surface area contributed by atoms with E-state index in [0.717, 1.165) is 24.0 Å². The van der Waals surface area contributed by atoms with Gasteiger partial charge in [0.05, 0.1) is 0 Å². The molecular formula is C20H27NO3. The first-order valence-electron chi connectivity index (χ1n) is 8.67. The Hall–Kier alpha value is -2.10. The molecule has 0 aromatic heterocycles. The quantitative estimate of drug-likeness (QED) is 0.664. The number of hydrogen-bond donors (Lipinski definition) is 1. The second-order valence-corrected chi connectivity index (χ2v) is 6.74. The zero-order chi connectivity index (χ0) is 17.5. The first-order valence-corrected chi connectivity index (χ1v) is 8.67. The molecule has 2 rings (SSSR count). The number of aryl methyl sites for hydroxylation is 1. The van der Waals surface area contributed by atoms with Crippen LogP contribution in [0.4, 0.5) is 0 Å². The topological polar surface area (TPSA) is 55.4 Å². The Balaban J connectivity index is 1.77. The molecule has 0 spiro atoms. The third-order valence-electron chi connectivity index (χ3n) is 4.99. The van der Waals surface area contributed by atoms with Gasteiger partial charge in [-0.05, 0) is 42.4 Å². The van der Waals surface area contributed by atoms with Crippen molar-refractivity contribution in [2.45, 2.75) is 46.1 Å². The Morgan fingerprint density at radius 1 is 1.25 bits per heavy atom. The summed E-state index contributed by atoms with van der Waals surface area (Å²) in [5, 5.41) is 3.00. The summed E-state index contributed by atoms with van der Waals surface area (Å²) in [7, 11) is 0. The van der Waals surface area contributed by atoms with Crippen LogP contribution >= 0.6 is 0 Å². The van der Waals surface area contributed by atoms with Crippen molar-refractivity contribution in [3.63, 3.8) is 0 Å². The molecule has 1 aromatic rings. The van der Waals surface area contributed by atoms with Crippen molar-refractivity contribution in [3.8, 4) is 0 Å². The lowest BCUT2D eigenvalue weighted by Gasteiger charge is -2.34. The fourth-order valence-electron chi connectivity index (χ4n) is 3.15. The maximum absolute atomic E-state index is 12.0. The van der Waals surface area contributed by atoms with E-state index in [1.807, 2.05) is 31.2 Å². The molecule has 130 valence electrons. The van der Waals surface area contributed by atoms with Gasteiger partial charge in [0, 0.05) is 12.1 Å². The number of carbonyl (C=O) groups is 2. The number of carbonyl (C=O) groups excluding carboxylic acids is 2. The Morgan fingerprint density at radius 3 is 2.75 bits per heavy atom. The van der Waals surface area contributed by atoms with Crippen LogP contribution in [0.2, 0.25) is 0 Å². The van der Waals surface area contributed by atoms with E-state index in [4.69, 9.17) is 4.74 Å². The largest absolute Gasteiger partial charge is 0.452 e. The SMILES string of the molecule is Cc1ccccc1/C=C/C(=O)OCC(=O)N[C@H]1CCC[C@@H](C)[C@@H]1C. The summed E-state index contributed by atoms with van der Waals surface area (Å²) < 4.78 is 5.03. The summed E-state index contributed by atoms with van der Waals surface area (Å²) in [6, 6.07) is 7.95. The number of rotatable bonds is 5. The first kappa shape index (κ1) is 18.2. The van der Waals surface area contributed by atoms with Crippen LogP contribution in [0.1, 0.15) is 44.2 Å². The number of benzene rings is 1. The molecule has 24 heavy (non-hydrogen) atoms. The van der Waals surface area contributed by atoms with Gasteiger partial charge in [-0.1, -0.05) is 51.0 Å². The molecule has 4 nitrogen and oxygen atoms in total. The Morgan fingerprint density at radius 2 is 2.00 bits per heavy atom. The average molecular weight is 329 g/mol. The predicted molar refractivity (Wildman–Crippen MR) is 95.3 cm³/mol. The molecule has 0 bridgehead atoms. The second kappa shape index (κ2) is 8.67. The van der Waals surface area contributed by atoms with Crippen LogP contribution in [0.15, 0.2) is 30.3 Å². The molecule has 1 aliphatic rings. The number of esters is 1. The third-order valence-corrected chi connectivity index (χ3v) is 4.99. The Labute approximate surface area is 144 Å². The van der Waals surface area contributed by atoms with Crippen LogP contribution in [0.5, 0.6) is 0 Å². The lowest BCUT2D eigenvalue weighted by molar-refractivity contribution is -0.144. The minimum Gasteiger partial charge on any atom is -0.452 e. The van der Waals surface area contributed by atoms with Crippen LogP contribution in [0, 0.1) is 18.8 Å². The van der Waals surface area contributed by atoms with E-state index in [0.29, 0.717) is 11.8 Å². The van der Waals surface area contributed by atoms with Gasteiger partial charge in [0.25, 0.3) is 5.91 Å². The van der Waals surface area contributed by atoms with E-state index in [-0.39, 0.29) is 18.6 Å². The molecule has 1 aromatic carbocycles. The minimum absolute atomic E-state index is 0.183. The normalized spacial score (nSPS) is 23.9. The number of nitrogens with one attached hydrogen (secondary N) is 1. The summed E-state index contributed by atoms with van der Waals surface area (Å²) >= 11 is 0. The second-order valence-electron chi connectivity index (χ2n) is 6.74. The van der Waals surface area contributed by atoms with E-state index in [1.54, 1.807) is 6.08 Å². The summed E-state index contributed by atoms with van der Waals surface area (Å²) in [5.41, 5.74) is 2.05. The van der Waals surface area contributed by atoms with Crippen molar-refractivity contribution >= 4 is 18.0 Å². The van der Waals surface area contributed by atoms with Crippen molar-refractivity contribution in [2.75, 3.05) is 6.61 Å². The standard InChI is InChI=1S/C20H27NO3/c1-14-8-6-10-18(16(14)3)21-19(22)13-24-20(23)12-11-17-9-5-4-7-15(17)2/h4-5,7,9,11-12,14,16,18H,6,8,10,13H2,1-3H3,(H,21,22)/b12-11+/t14-,16+,18+/m1/s1. The van der Waals surface area contributed by atoms with Gasteiger partial charge in [-0.3, -0.25) is 4.79 Å². The van der Waals surface area contributed by atoms with Gasteiger partial charge < -0.3 is 10.1 Å². The predicted octanol–water partition coefficient (Wildman–Crippen LogP) is 3.49. The van der Waals surface area contributed by atoms with E-state index in [9.17, 15) is 9.59 Å². The van der Waals surface area contributed by atoms with Crippen molar-refractivity contribution in [2.24, 2.45) is 11.8 Å². The Kier molecular flexibility index (Phi) is 6.59. The molecule has 0 unspecified atom stereocenters. The molecule has 1 saturated carbocycles. The first-order chi connectivity index (χ1) is 11.5. The summed E-state index contributed by atoms with van der Waals surface area (Å²) in [4.78, 5) is 23.7. The average Bonchev–Trinajstić information content (AvgIpc) is 2.56. The van der Waals surface area contributed by atoms with Crippen LogP contribution in [0.25, 0.3) is 6.08 Å². The van der Waals surface area contributed by atoms with Gasteiger partial charge in [0.15, 0.2) is 6.61 Å². The molecule has 0 radical (unpaired) electrons. The van der Waals surface area contributed by atoms with E-state index < -0.39 is 5.97 Å². The highest BCUT2D eigenvalue weighted by molar-refractivity contribution is 5.89. The highest BCUT2D eigenvalue weighted by Crippen LogP contribution is 2.29. The van der Waals surface area contributed by atoms with Crippen molar-refractivity contribution in [3.05, 3.63) is 41.5 Å². The van der Waals surface area contributed by atoms with Crippen LogP contribution in [-0.2, 0) is 14.3 Å². The molecule has 0 heterocycles. The molecule has 1 N–H and O–H groups in total. The third kappa shape index (κ3) is 5.22. The van der Waals surface area contributed by atoms with Crippen molar-refractivity contribution in [1.82, 2.24) is 5.32 Å². The molecule has 1 aliphatic carbocycles. The maximum Gasteiger partial charge on any atom is 0.331 e. The minimum atomic E-state index is -0.501. The maximum atomic E-state index is 12.0. The van der Waals surface area contributed by atoms with Crippen molar-refractivity contribution in [1.29, 1.82) is 0 Å². The van der Waals surface area contributed by atoms with Crippen LogP contribution in [0.3, 0.4) is 0 Å². The highest BCUT2D eigenvalue weighted by atomic mass is 16.5. The summed E-state index contributed by atoms with van der Waals surface area (Å²) in [6.07, 6.45) is 6.42. The van der Waals surface area contributed by atoms with Gasteiger partial charge in [0.1, 0.15) is 0 Å². The van der Waals surface area contributed by atoms with Gasteiger partial charge in [-0.15, -0.1) is 0 Å². The number of ether oxygens (including phenoxy) is 1. The molecule has 3 atom stereocenters. The lowest BCUT2D eigenvalue weighted by atomic mass is 9.78. The molecule has 0 aliphatic heterocycles. The zero-order valence-electron chi connectivity index (χ0n) is 14.7. The molecule has 1 amide bonds. The Bertz CT molecular complexity index is 609. The summed E-state index contributed by atoms with van der Waals surface area (Å²) in [5.74, 6) is 0.347. The van der Waals surface area contributed by atoms with Gasteiger partial charge in [0.2, 0.25) is 0 Å². The van der Waals surface area contributed by atoms with Crippen molar-refractivity contribution < 1.29 is 14.3 Å². The molecular weight excluding hydrogens is 302 g/mol. The van der Waals surface area contributed by atoms with E-state index in [2.05, 4.69) is 19.2 Å².